The highest BCUT2D eigenvalue weighted by atomic mass is 15.2. The van der Waals surface area contributed by atoms with Crippen LogP contribution in [0.15, 0.2) is 0 Å². The van der Waals surface area contributed by atoms with Gasteiger partial charge in [-0.25, -0.2) is 0 Å². The lowest BCUT2D eigenvalue weighted by molar-refractivity contribution is 0.131. The predicted octanol–water partition coefficient (Wildman–Crippen LogP) is 3.26. The van der Waals surface area contributed by atoms with Gasteiger partial charge < -0.3 is 5.73 Å². The smallest absolute Gasteiger partial charge is 0.00982 e. The Balaban J connectivity index is 2.54. The molecule has 2 N–H and O–H groups in total. The first kappa shape index (κ1) is 15.0. The summed E-state index contributed by atoms with van der Waals surface area (Å²) in [6.45, 7) is 12.4. The monoisotopic (exact) mass is 240 g/mol. The lowest BCUT2D eigenvalue weighted by atomic mass is 9.92. The van der Waals surface area contributed by atoms with Gasteiger partial charge in [0.05, 0.1) is 0 Å². The second kappa shape index (κ2) is 6.75. The molecule has 102 valence electrons. The molecular weight excluding hydrogens is 208 g/mol. The van der Waals surface area contributed by atoms with Gasteiger partial charge in [-0.15, -0.1) is 0 Å². The van der Waals surface area contributed by atoms with Crippen molar-refractivity contribution >= 4 is 0 Å². The van der Waals surface area contributed by atoms with Crippen LogP contribution < -0.4 is 5.73 Å². The first-order valence-electron chi connectivity index (χ1n) is 7.46. The molecule has 2 atom stereocenters. The van der Waals surface area contributed by atoms with Crippen LogP contribution in [0.5, 0.6) is 0 Å². The van der Waals surface area contributed by atoms with Gasteiger partial charge in [-0.2, -0.15) is 0 Å². The van der Waals surface area contributed by atoms with Gasteiger partial charge in [0.2, 0.25) is 0 Å². The van der Waals surface area contributed by atoms with Gasteiger partial charge >= 0.3 is 0 Å². The van der Waals surface area contributed by atoms with E-state index in [0.717, 1.165) is 18.5 Å². The topological polar surface area (TPSA) is 29.3 Å². The molecule has 0 radical (unpaired) electrons. The van der Waals surface area contributed by atoms with Crippen LogP contribution in [0.1, 0.15) is 59.8 Å². The fourth-order valence-corrected chi connectivity index (χ4v) is 3.04. The third-order valence-corrected chi connectivity index (χ3v) is 4.30. The maximum absolute atomic E-state index is 5.88. The maximum Gasteiger partial charge on any atom is 0.00982 e. The van der Waals surface area contributed by atoms with E-state index in [0.29, 0.717) is 0 Å². The molecular formula is C15H32N2. The number of hydrogen-bond acceptors (Lipinski definition) is 2. The van der Waals surface area contributed by atoms with Crippen molar-refractivity contribution < 1.29 is 0 Å². The van der Waals surface area contributed by atoms with E-state index in [2.05, 4.69) is 32.6 Å². The Morgan fingerprint density at radius 2 is 1.94 bits per heavy atom. The van der Waals surface area contributed by atoms with E-state index in [4.69, 9.17) is 5.73 Å². The second-order valence-electron chi connectivity index (χ2n) is 6.58. The second-order valence-corrected chi connectivity index (χ2v) is 6.58. The Morgan fingerprint density at radius 3 is 2.41 bits per heavy atom. The van der Waals surface area contributed by atoms with Crippen LogP contribution in [0.4, 0.5) is 0 Å². The molecule has 0 saturated heterocycles. The highest BCUT2D eigenvalue weighted by Crippen LogP contribution is 2.32. The maximum atomic E-state index is 5.88. The summed E-state index contributed by atoms with van der Waals surface area (Å²) in [5, 5.41) is 0. The SMILES string of the molecule is CCCN(CC(C)(C)CN)C1CCC(CC)C1. The number of nitrogens with zero attached hydrogens (tertiary/aromatic N) is 1. The molecule has 1 fully saturated rings. The summed E-state index contributed by atoms with van der Waals surface area (Å²) in [5.74, 6) is 0.973. The highest BCUT2D eigenvalue weighted by molar-refractivity contribution is 4.85. The van der Waals surface area contributed by atoms with E-state index < -0.39 is 0 Å². The molecule has 0 spiro atoms. The third kappa shape index (κ3) is 4.59. The Hall–Kier alpha value is -0.0800. The molecule has 2 unspecified atom stereocenters. The van der Waals surface area contributed by atoms with Gasteiger partial charge in [-0.05, 0) is 50.1 Å². The molecule has 0 aromatic carbocycles. The molecule has 1 saturated carbocycles. The van der Waals surface area contributed by atoms with E-state index in [9.17, 15) is 0 Å². The quantitative estimate of drug-likeness (QED) is 0.740. The molecule has 0 bridgehead atoms. The fraction of sp³-hybridized carbons (Fsp3) is 1.00. The molecule has 0 amide bonds. The summed E-state index contributed by atoms with van der Waals surface area (Å²) in [5.41, 5.74) is 6.14. The van der Waals surface area contributed by atoms with Gasteiger partial charge in [-0.1, -0.05) is 34.1 Å². The summed E-state index contributed by atoms with van der Waals surface area (Å²) in [7, 11) is 0. The molecule has 1 rings (SSSR count). The standard InChI is InChI=1S/C15H32N2/c1-5-9-17(12-15(3,4)11-16)14-8-7-13(6-2)10-14/h13-14H,5-12,16H2,1-4H3. The lowest BCUT2D eigenvalue weighted by Gasteiger charge is -2.36. The molecule has 0 aromatic rings. The van der Waals surface area contributed by atoms with E-state index in [-0.39, 0.29) is 5.41 Å². The minimum absolute atomic E-state index is 0.263. The van der Waals surface area contributed by atoms with Crippen molar-refractivity contribution in [2.24, 2.45) is 17.1 Å². The van der Waals surface area contributed by atoms with Crippen LogP contribution in [0.3, 0.4) is 0 Å². The summed E-state index contributed by atoms with van der Waals surface area (Å²) in [6.07, 6.45) is 6.87. The van der Waals surface area contributed by atoms with Crippen LogP contribution in [-0.2, 0) is 0 Å². The number of rotatable bonds is 7. The first-order chi connectivity index (χ1) is 8.02. The zero-order valence-corrected chi connectivity index (χ0v) is 12.3. The van der Waals surface area contributed by atoms with Crippen molar-refractivity contribution in [2.75, 3.05) is 19.6 Å². The minimum atomic E-state index is 0.263. The largest absolute Gasteiger partial charge is 0.330 e. The van der Waals surface area contributed by atoms with Crippen molar-refractivity contribution in [3.8, 4) is 0 Å². The van der Waals surface area contributed by atoms with Gasteiger partial charge in [0.15, 0.2) is 0 Å². The van der Waals surface area contributed by atoms with Crippen LogP contribution in [0.2, 0.25) is 0 Å². The molecule has 0 heterocycles. The lowest BCUT2D eigenvalue weighted by Crippen LogP contribution is -2.43. The summed E-state index contributed by atoms with van der Waals surface area (Å²) >= 11 is 0. The number of nitrogens with two attached hydrogens (primary N) is 1. The molecule has 1 aliphatic carbocycles. The average Bonchev–Trinajstić information content (AvgIpc) is 2.77. The summed E-state index contributed by atoms with van der Waals surface area (Å²) in [6, 6.07) is 0.825. The van der Waals surface area contributed by atoms with Crippen LogP contribution >= 0.6 is 0 Å². The zero-order chi connectivity index (χ0) is 12.9. The van der Waals surface area contributed by atoms with E-state index in [1.807, 2.05) is 0 Å². The third-order valence-electron chi connectivity index (χ3n) is 4.30. The summed E-state index contributed by atoms with van der Waals surface area (Å²) < 4.78 is 0. The van der Waals surface area contributed by atoms with Gasteiger partial charge in [-0.3, -0.25) is 4.90 Å². The van der Waals surface area contributed by atoms with Crippen LogP contribution in [0, 0.1) is 11.3 Å². The van der Waals surface area contributed by atoms with Crippen molar-refractivity contribution in [3.63, 3.8) is 0 Å². The normalized spacial score (nSPS) is 25.8. The van der Waals surface area contributed by atoms with Crippen LogP contribution in [0.25, 0.3) is 0 Å². The van der Waals surface area contributed by atoms with Crippen molar-refractivity contribution in [3.05, 3.63) is 0 Å². The molecule has 0 aliphatic heterocycles. The van der Waals surface area contributed by atoms with Crippen LogP contribution in [-0.4, -0.2) is 30.6 Å². The van der Waals surface area contributed by atoms with E-state index >= 15 is 0 Å². The molecule has 2 nitrogen and oxygen atoms in total. The van der Waals surface area contributed by atoms with Gasteiger partial charge in [0, 0.05) is 12.6 Å². The molecule has 1 aliphatic rings. The molecule has 2 heteroatoms. The van der Waals surface area contributed by atoms with Crippen molar-refractivity contribution in [1.82, 2.24) is 4.90 Å². The van der Waals surface area contributed by atoms with E-state index in [1.54, 1.807) is 0 Å². The van der Waals surface area contributed by atoms with Gasteiger partial charge in [0.1, 0.15) is 0 Å². The first-order valence-corrected chi connectivity index (χ1v) is 7.46. The van der Waals surface area contributed by atoms with E-state index in [1.165, 1.54) is 45.2 Å². The number of hydrogen-bond donors (Lipinski definition) is 1. The predicted molar refractivity (Wildman–Crippen MR) is 76.1 cm³/mol. The van der Waals surface area contributed by atoms with Gasteiger partial charge in [0.25, 0.3) is 0 Å². The molecule has 17 heavy (non-hydrogen) atoms. The Kier molecular flexibility index (Phi) is 5.94. The Morgan fingerprint density at radius 1 is 1.24 bits per heavy atom. The average molecular weight is 240 g/mol. The Labute approximate surface area is 108 Å². The fourth-order valence-electron chi connectivity index (χ4n) is 3.04. The zero-order valence-electron chi connectivity index (χ0n) is 12.3. The minimum Gasteiger partial charge on any atom is -0.330 e. The van der Waals surface area contributed by atoms with Crippen molar-refractivity contribution in [1.29, 1.82) is 0 Å². The summed E-state index contributed by atoms with van der Waals surface area (Å²) in [4.78, 5) is 2.71. The molecule has 0 aromatic heterocycles. The Bertz CT molecular complexity index is 213. The highest BCUT2D eigenvalue weighted by Gasteiger charge is 2.30. The van der Waals surface area contributed by atoms with Crippen molar-refractivity contribution in [2.45, 2.75) is 65.8 Å².